The van der Waals surface area contributed by atoms with E-state index in [1.807, 2.05) is 49.6 Å². The Balaban J connectivity index is 0.000000188. The van der Waals surface area contributed by atoms with Crippen LogP contribution in [-0.2, 0) is 0 Å². The lowest BCUT2D eigenvalue weighted by Crippen LogP contribution is -2.02. The molecule has 0 fully saturated rings. The van der Waals surface area contributed by atoms with Gasteiger partial charge in [0.25, 0.3) is 0 Å². The number of hydrogen-bond donors (Lipinski definition) is 0. The van der Waals surface area contributed by atoms with Crippen molar-refractivity contribution in [2.75, 3.05) is 0 Å². The van der Waals surface area contributed by atoms with Gasteiger partial charge in [0.15, 0.2) is 5.65 Å². The molecule has 6 heteroatoms. The van der Waals surface area contributed by atoms with Gasteiger partial charge in [-0.2, -0.15) is 9.37 Å². The van der Waals surface area contributed by atoms with Gasteiger partial charge in [-0.15, -0.1) is 0 Å². The second kappa shape index (κ2) is 6.83. The van der Waals surface area contributed by atoms with E-state index in [9.17, 15) is 4.39 Å². The molecule has 0 saturated heterocycles. The molecule has 0 aliphatic heterocycles. The van der Waals surface area contributed by atoms with Crippen molar-refractivity contribution in [3.63, 3.8) is 0 Å². The highest BCUT2D eigenvalue weighted by Gasteiger charge is 2.11. The molecular formula is C16H18ClFN4. The van der Waals surface area contributed by atoms with Gasteiger partial charge in [0.1, 0.15) is 5.52 Å². The van der Waals surface area contributed by atoms with E-state index in [1.165, 1.54) is 5.56 Å². The Kier molecular flexibility index (Phi) is 5.08. The molecule has 0 aliphatic rings. The largest absolute Gasteiger partial charge is 0.313 e. The molecule has 3 rings (SSSR count). The molecule has 0 aliphatic carbocycles. The topological polar surface area (TPSA) is 43.6 Å². The van der Waals surface area contributed by atoms with Gasteiger partial charge < -0.3 is 4.57 Å². The maximum atomic E-state index is 13.0. The maximum Gasteiger partial charge on any atom is 0.310 e. The summed E-state index contributed by atoms with van der Waals surface area (Å²) in [5, 5.41) is 0.810. The van der Waals surface area contributed by atoms with E-state index in [0.29, 0.717) is 16.9 Å². The van der Waals surface area contributed by atoms with Crippen molar-refractivity contribution >= 4 is 22.8 Å². The highest BCUT2D eigenvalue weighted by atomic mass is 35.5. The van der Waals surface area contributed by atoms with Crippen LogP contribution >= 0.6 is 11.6 Å². The minimum absolute atomic E-state index is 0.216. The zero-order valence-corrected chi connectivity index (χ0v) is 13.8. The van der Waals surface area contributed by atoms with Crippen LogP contribution in [0.5, 0.6) is 0 Å². The summed E-state index contributed by atoms with van der Waals surface area (Å²) in [5.74, 6) is 0. The van der Waals surface area contributed by atoms with Gasteiger partial charge in [-0.3, -0.25) is 0 Å². The Morgan fingerprint density at radius 3 is 2.45 bits per heavy atom. The fraction of sp³-hybridized carbons (Fsp3) is 0.312. The highest BCUT2D eigenvalue weighted by Crippen LogP contribution is 2.17. The molecule has 0 amide bonds. The van der Waals surface area contributed by atoms with Gasteiger partial charge in [0.2, 0.25) is 0 Å². The first kappa shape index (κ1) is 16.4. The van der Waals surface area contributed by atoms with E-state index < -0.39 is 6.08 Å². The summed E-state index contributed by atoms with van der Waals surface area (Å²) in [6.07, 6.45) is 0.966. The standard InChI is InChI=1S/C9H11FN4.C7H7Cl/c1-5(2)14-4-11-7-6(3)12-9(10)13-8(7)14;1-6-3-2-4-7(8)5-6/h4-5H,1-3H3;2-5H,1H3. The van der Waals surface area contributed by atoms with E-state index in [0.717, 1.165) is 5.02 Å². The van der Waals surface area contributed by atoms with Crippen LogP contribution in [0.2, 0.25) is 5.02 Å². The summed E-state index contributed by atoms with van der Waals surface area (Å²) in [5.41, 5.74) is 3.01. The van der Waals surface area contributed by atoms with Crippen molar-refractivity contribution in [3.05, 3.63) is 53.0 Å². The van der Waals surface area contributed by atoms with Gasteiger partial charge >= 0.3 is 6.08 Å². The predicted octanol–water partition coefficient (Wildman–Crippen LogP) is 4.50. The Hall–Kier alpha value is -2.01. The second-order valence-corrected chi connectivity index (χ2v) is 5.73. The molecule has 22 heavy (non-hydrogen) atoms. The summed E-state index contributed by atoms with van der Waals surface area (Å²) in [7, 11) is 0. The molecule has 0 bridgehead atoms. The number of aromatic nitrogens is 4. The molecule has 0 unspecified atom stereocenters. The number of nitrogens with zero attached hydrogens (tertiary/aromatic N) is 4. The molecule has 0 N–H and O–H groups in total. The van der Waals surface area contributed by atoms with Gasteiger partial charge in [0, 0.05) is 11.1 Å². The SMILES string of the molecule is Cc1cccc(Cl)c1.Cc1nc(F)nc2c1ncn2C(C)C. The first-order chi connectivity index (χ1) is 10.4. The molecule has 2 aromatic heterocycles. The fourth-order valence-electron chi connectivity index (χ4n) is 2.01. The van der Waals surface area contributed by atoms with Crippen molar-refractivity contribution in [3.8, 4) is 0 Å². The quantitative estimate of drug-likeness (QED) is 0.620. The molecule has 116 valence electrons. The fourth-order valence-corrected chi connectivity index (χ4v) is 2.25. The van der Waals surface area contributed by atoms with Crippen molar-refractivity contribution < 1.29 is 4.39 Å². The van der Waals surface area contributed by atoms with E-state index in [-0.39, 0.29) is 6.04 Å². The molecule has 0 saturated carbocycles. The van der Waals surface area contributed by atoms with Crippen molar-refractivity contribution in [1.29, 1.82) is 0 Å². The van der Waals surface area contributed by atoms with Gasteiger partial charge in [0.05, 0.1) is 12.0 Å². The Labute approximate surface area is 134 Å². The molecule has 1 aromatic carbocycles. The number of benzene rings is 1. The lowest BCUT2D eigenvalue weighted by Gasteiger charge is -2.06. The van der Waals surface area contributed by atoms with E-state index in [4.69, 9.17) is 11.6 Å². The van der Waals surface area contributed by atoms with Crippen LogP contribution in [0.3, 0.4) is 0 Å². The summed E-state index contributed by atoms with van der Waals surface area (Å²) >= 11 is 5.64. The summed E-state index contributed by atoms with van der Waals surface area (Å²) in [6.45, 7) is 7.74. The van der Waals surface area contributed by atoms with Gasteiger partial charge in [-0.1, -0.05) is 23.7 Å². The van der Waals surface area contributed by atoms with E-state index in [1.54, 1.807) is 13.3 Å². The van der Waals surface area contributed by atoms with Crippen molar-refractivity contribution in [2.45, 2.75) is 33.7 Å². The van der Waals surface area contributed by atoms with Gasteiger partial charge in [-0.25, -0.2) is 9.97 Å². The first-order valence-electron chi connectivity index (χ1n) is 6.97. The van der Waals surface area contributed by atoms with E-state index in [2.05, 4.69) is 15.0 Å². The number of fused-ring (bicyclic) bond motifs is 1. The Bertz CT molecular complexity index is 766. The lowest BCUT2D eigenvalue weighted by atomic mass is 10.2. The summed E-state index contributed by atoms with van der Waals surface area (Å²) in [6, 6.07) is 7.98. The van der Waals surface area contributed by atoms with E-state index >= 15 is 0 Å². The lowest BCUT2D eigenvalue weighted by molar-refractivity contribution is 0.533. The van der Waals surface area contributed by atoms with Crippen LogP contribution in [0.25, 0.3) is 11.2 Å². The van der Waals surface area contributed by atoms with Crippen molar-refractivity contribution in [1.82, 2.24) is 19.5 Å². The maximum absolute atomic E-state index is 13.0. The van der Waals surface area contributed by atoms with Crippen molar-refractivity contribution in [2.24, 2.45) is 0 Å². The second-order valence-electron chi connectivity index (χ2n) is 5.29. The molecule has 4 nitrogen and oxygen atoms in total. The number of rotatable bonds is 1. The first-order valence-corrected chi connectivity index (χ1v) is 7.35. The van der Waals surface area contributed by atoms with Crippen LogP contribution in [0.4, 0.5) is 4.39 Å². The van der Waals surface area contributed by atoms with Crippen LogP contribution in [0, 0.1) is 19.9 Å². The van der Waals surface area contributed by atoms with Crippen LogP contribution < -0.4 is 0 Å². The third-order valence-corrected chi connectivity index (χ3v) is 3.34. The molecule has 0 radical (unpaired) electrons. The third-order valence-electron chi connectivity index (χ3n) is 3.10. The predicted molar refractivity (Wildman–Crippen MR) is 86.6 cm³/mol. The summed E-state index contributed by atoms with van der Waals surface area (Å²) < 4.78 is 14.8. The normalized spacial score (nSPS) is 10.7. The molecular weight excluding hydrogens is 303 g/mol. The Morgan fingerprint density at radius 2 is 1.91 bits per heavy atom. The minimum Gasteiger partial charge on any atom is -0.313 e. The zero-order chi connectivity index (χ0) is 16.3. The Morgan fingerprint density at radius 1 is 1.18 bits per heavy atom. The molecule has 0 atom stereocenters. The number of halogens is 2. The van der Waals surface area contributed by atoms with Crippen LogP contribution in [0.1, 0.15) is 31.1 Å². The molecule has 0 spiro atoms. The minimum atomic E-state index is -0.697. The highest BCUT2D eigenvalue weighted by molar-refractivity contribution is 6.30. The zero-order valence-electron chi connectivity index (χ0n) is 13.0. The average Bonchev–Trinajstić information content (AvgIpc) is 2.83. The number of imidazole rings is 1. The molecule has 3 aromatic rings. The smallest absolute Gasteiger partial charge is 0.310 e. The number of aryl methyl sites for hydroxylation is 2. The monoisotopic (exact) mass is 320 g/mol. The summed E-state index contributed by atoms with van der Waals surface area (Å²) in [4.78, 5) is 11.5. The average molecular weight is 321 g/mol. The third kappa shape index (κ3) is 3.80. The van der Waals surface area contributed by atoms with Gasteiger partial charge in [-0.05, 0) is 45.4 Å². The van der Waals surface area contributed by atoms with Crippen LogP contribution in [-0.4, -0.2) is 19.5 Å². The number of hydrogen-bond acceptors (Lipinski definition) is 3. The van der Waals surface area contributed by atoms with Crippen LogP contribution in [0.15, 0.2) is 30.6 Å². The molecule has 2 heterocycles.